The topological polar surface area (TPSA) is 130 Å². The standard InChI is InChI=1S/C26H19ClN8O2S/c1-29-23(36)21-13-19(10-11-30-21)37-18-5-3-4-17(12-18)31-25-33-26-32-24(38-2)20(14-28)22(35(26)34-25)15-6-8-16(27)9-7-15/h3-13H,1-2H3,(H,29,36)(H,31,34). The van der Waals surface area contributed by atoms with Crippen LogP contribution in [0.2, 0.25) is 5.02 Å². The summed E-state index contributed by atoms with van der Waals surface area (Å²) in [4.78, 5) is 25.0. The van der Waals surface area contributed by atoms with E-state index < -0.39 is 0 Å². The number of carbonyl (C=O) groups excluding carboxylic acids is 1. The van der Waals surface area contributed by atoms with Gasteiger partial charge in [-0.15, -0.1) is 16.9 Å². The maximum Gasteiger partial charge on any atom is 0.269 e. The van der Waals surface area contributed by atoms with Crippen molar-refractivity contribution in [2.45, 2.75) is 5.03 Å². The van der Waals surface area contributed by atoms with Gasteiger partial charge in [0, 0.05) is 41.7 Å². The van der Waals surface area contributed by atoms with Gasteiger partial charge in [0.25, 0.3) is 11.7 Å². The average Bonchev–Trinajstić information content (AvgIpc) is 3.34. The highest BCUT2D eigenvalue weighted by Gasteiger charge is 2.20. The Kier molecular flexibility index (Phi) is 7.08. The second-order valence-corrected chi connectivity index (χ2v) is 9.05. The van der Waals surface area contributed by atoms with Crippen LogP contribution in [-0.4, -0.2) is 43.8 Å². The lowest BCUT2D eigenvalue weighted by molar-refractivity contribution is 0.0958. The minimum absolute atomic E-state index is 0.249. The Morgan fingerprint density at radius 1 is 1.11 bits per heavy atom. The summed E-state index contributed by atoms with van der Waals surface area (Å²) in [7, 11) is 1.54. The molecular formula is C26H19ClN8O2S. The Bertz CT molecular complexity index is 1700. The van der Waals surface area contributed by atoms with Gasteiger partial charge >= 0.3 is 0 Å². The van der Waals surface area contributed by atoms with E-state index in [1.807, 2.05) is 30.5 Å². The van der Waals surface area contributed by atoms with Crippen LogP contribution in [0.4, 0.5) is 11.6 Å². The number of pyridine rings is 1. The van der Waals surface area contributed by atoms with Gasteiger partial charge in [-0.1, -0.05) is 29.8 Å². The Balaban J connectivity index is 1.48. The zero-order valence-electron chi connectivity index (χ0n) is 20.1. The maximum atomic E-state index is 11.9. The molecule has 5 aromatic rings. The molecule has 0 fully saturated rings. The van der Waals surface area contributed by atoms with Crippen molar-refractivity contribution in [1.29, 1.82) is 5.26 Å². The summed E-state index contributed by atoms with van der Waals surface area (Å²) in [6, 6.07) is 19.8. The van der Waals surface area contributed by atoms with E-state index in [1.165, 1.54) is 25.0 Å². The number of hydrogen-bond donors (Lipinski definition) is 2. The Morgan fingerprint density at radius 2 is 1.89 bits per heavy atom. The number of amides is 1. The highest BCUT2D eigenvalue weighted by atomic mass is 35.5. The van der Waals surface area contributed by atoms with Crippen molar-refractivity contribution < 1.29 is 9.53 Å². The van der Waals surface area contributed by atoms with Gasteiger partial charge in [-0.2, -0.15) is 14.8 Å². The molecule has 2 aromatic carbocycles. The molecule has 0 saturated heterocycles. The summed E-state index contributed by atoms with van der Waals surface area (Å²) in [6.07, 6.45) is 3.36. The second-order valence-electron chi connectivity index (χ2n) is 7.82. The van der Waals surface area contributed by atoms with Gasteiger partial charge in [-0.3, -0.25) is 9.78 Å². The van der Waals surface area contributed by atoms with Crippen molar-refractivity contribution in [3.63, 3.8) is 0 Å². The molecule has 3 heterocycles. The first-order valence-corrected chi connectivity index (χ1v) is 12.8. The lowest BCUT2D eigenvalue weighted by atomic mass is 10.1. The predicted octanol–water partition coefficient (Wildman–Crippen LogP) is 5.33. The fourth-order valence-electron chi connectivity index (χ4n) is 3.69. The van der Waals surface area contributed by atoms with E-state index >= 15 is 0 Å². The van der Waals surface area contributed by atoms with E-state index in [2.05, 4.69) is 36.8 Å². The molecule has 0 unspecified atom stereocenters. The zero-order valence-corrected chi connectivity index (χ0v) is 21.7. The third-order valence-corrected chi connectivity index (χ3v) is 6.33. The number of benzene rings is 2. The highest BCUT2D eigenvalue weighted by Crippen LogP contribution is 2.31. The predicted molar refractivity (Wildman–Crippen MR) is 145 cm³/mol. The van der Waals surface area contributed by atoms with Gasteiger partial charge in [-0.05, 0) is 36.6 Å². The van der Waals surface area contributed by atoms with Gasteiger partial charge in [-0.25, -0.2) is 4.98 Å². The smallest absolute Gasteiger partial charge is 0.269 e. The van der Waals surface area contributed by atoms with Gasteiger partial charge in [0.15, 0.2) is 0 Å². The molecule has 2 N–H and O–H groups in total. The minimum atomic E-state index is -0.306. The molecule has 0 saturated carbocycles. The average molecular weight is 543 g/mol. The summed E-state index contributed by atoms with van der Waals surface area (Å²) in [5, 5.41) is 21.3. The summed E-state index contributed by atoms with van der Waals surface area (Å²) in [6.45, 7) is 0. The fourth-order valence-corrected chi connectivity index (χ4v) is 4.33. The molecule has 5 rings (SSSR count). The first-order valence-electron chi connectivity index (χ1n) is 11.2. The van der Waals surface area contributed by atoms with E-state index in [0.717, 1.165) is 5.56 Å². The van der Waals surface area contributed by atoms with Crippen LogP contribution < -0.4 is 15.4 Å². The normalized spacial score (nSPS) is 10.7. The molecule has 1 amide bonds. The first-order chi connectivity index (χ1) is 18.5. The number of nitriles is 1. The van der Waals surface area contributed by atoms with Crippen LogP contribution in [0.15, 0.2) is 71.9 Å². The Hall–Kier alpha value is -4.66. The van der Waals surface area contributed by atoms with E-state index in [9.17, 15) is 10.1 Å². The van der Waals surface area contributed by atoms with Crippen LogP contribution in [0.5, 0.6) is 11.5 Å². The van der Waals surface area contributed by atoms with Crippen molar-refractivity contribution in [2.24, 2.45) is 0 Å². The molecule has 0 aliphatic heterocycles. The summed E-state index contributed by atoms with van der Waals surface area (Å²) in [5.41, 5.74) is 2.64. The molecule has 0 bridgehead atoms. The molecule has 3 aromatic heterocycles. The highest BCUT2D eigenvalue weighted by molar-refractivity contribution is 7.98. The fraction of sp³-hybridized carbons (Fsp3) is 0.0769. The third kappa shape index (κ3) is 5.08. The molecular weight excluding hydrogens is 524 g/mol. The van der Waals surface area contributed by atoms with Crippen molar-refractivity contribution in [1.82, 2.24) is 29.9 Å². The number of fused-ring (bicyclic) bond motifs is 1. The molecule has 0 spiro atoms. The molecule has 0 radical (unpaired) electrons. The van der Waals surface area contributed by atoms with Gasteiger partial charge in [0.05, 0.1) is 5.69 Å². The minimum Gasteiger partial charge on any atom is -0.457 e. The molecule has 38 heavy (non-hydrogen) atoms. The Labute approximate surface area is 226 Å². The van der Waals surface area contributed by atoms with E-state index in [4.69, 9.17) is 16.3 Å². The van der Waals surface area contributed by atoms with Crippen molar-refractivity contribution >= 4 is 46.7 Å². The number of hydrogen-bond acceptors (Lipinski definition) is 9. The molecule has 188 valence electrons. The maximum absolute atomic E-state index is 11.9. The largest absolute Gasteiger partial charge is 0.457 e. The first kappa shape index (κ1) is 25.0. The summed E-state index contributed by atoms with van der Waals surface area (Å²) in [5.74, 6) is 1.32. The number of rotatable bonds is 7. The quantitative estimate of drug-likeness (QED) is 0.207. The summed E-state index contributed by atoms with van der Waals surface area (Å²) < 4.78 is 7.47. The number of aromatic nitrogens is 5. The summed E-state index contributed by atoms with van der Waals surface area (Å²) >= 11 is 7.44. The van der Waals surface area contributed by atoms with E-state index in [0.29, 0.717) is 44.3 Å². The van der Waals surface area contributed by atoms with Crippen molar-refractivity contribution in [3.05, 3.63) is 83.1 Å². The molecule has 0 aliphatic rings. The van der Waals surface area contributed by atoms with Gasteiger partial charge < -0.3 is 15.4 Å². The van der Waals surface area contributed by atoms with E-state index in [-0.39, 0.29) is 17.5 Å². The monoisotopic (exact) mass is 542 g/mol. The van der Waals surface area contributed by atoms with Crippen LogP contribution in [-0.2, 0) is 0 Å². The number of thioether (sulfide) groups is 1. The third-order valence-electron chi connectivity index (χ3n) is 5.39. The number of halogens is 1. The number of anilines is 2. The number of nitrogens with zero attached hydrogens (tertiary/aromatic N) is 6. The van der Waals surface area contributed by atoms with Crippen LogP contribution in [0, 0.1) is 11.3 Å². The Morgan fingerprint density at radius 3 is 2.63 bits per heavy atom. The van der Waals surface area contributed by atoms with Crippen LogP contribution >= 0.6 is 23.4 Å². The molecule has 0 atom stereocenters. The molecule has 0 aliphatic carbocycles. The van der Waals surface area contributed by atoms with Gasteiger partial charge in [0.1, 0.15) is 33.9 Å². The number of ether oxygens (including phenoxy) is 1. The molecule has 12 heteroatoms. The molecule has 10 nitrogen and oxygen atoms in total. The SMILES string of the molecule is CNC(=O)c1cc(Oc2cccc(Nc3nc4nc(SC)c(C#N)c(-c5ccc(Cl)cc5)n4n3)c2)ccn1. The lowest BCUT2D eigenvalue weighted by Gasteiger charge is -2.09. The van der Waals surface area contributed by atoms with Crippen molar-refractivity contribution in [3.8, 4) is 28.8 Å². The van der Waals surface area contributed by atoms with Crippen LogP contribution in [0.1, 0.15) is 16.1 Å². The zero-order chi connectivity index (χ0) is 26.6. The second kappa shape index (κ2) is 10.8. The van der Waals surface area contributed by atoms with E-state index in [1.54, 1.807) is 40.9 Å². The van der Waals surface area contributed by atoms with Crippen LogP contribution in [0.25, 0.3) is 17.0 Å². The van der Waals surface area contributed by atoms with Crippen molar-refractivity contribution in [2.75, 3.05) is 18.6 Å². The van der Waals surface area contributed by atoms with Crippen LogP contribution in [0.3, 0.4) is 0 Å². The van der Waals surface area contributed by atoms with Gasteiger partial charge in [0.2, 0.25) is 5.95 Å². The number of carbonyl (C=O) groups is 1. The number of nitrogens with one attached hydrogen (secondary N) is 2. The lowest BCUT2D eigenvalue weighted by Crippen LogP contribution is -2.18.